The lowest BCUT2D eigenvalue weighted by Gasteiger charge is -2.19. The number of nitrogens with one attached hydrogen (secondary N) is 1. The van der Waals surface area contributed by atoms with Gasteiger partial charge >= 0.3 is 5.97 Å². The van der Waals surface area contributed by atoms with Crippen LogP contribution in [0.2, 0.25) is 0 Å². The van der Waals surface area contributed by atoms with Crippen molar-refractivity contribution in [2.24, 2.45) is 0 Å². The minimum atomic E-state index is -0.749. The number of hydrogen-bond acceptors (Lipinski definition) is 5. The SMILES string of the molecule is CN(C(=O)c1cccs1)c1ccccc1C(=O)OCC(=O)Nc1cccc(F)c1. The summed E-state index contributed by atoms with van der Waals surface area (Å²) in [5, 5.41) is 4.23. The first kappa shape index (κ1) is 20.2. The molecule has 0 unspecified atom stereocenters. The summed E-state index contributed by atoms with van der Waals surface area (Å²) in [7, 11) is 1.56. The Morgan fingerprint density at radius 2 is 1.86 bits per heavy atom. The van der Waals surface area contributed by atoms with E-state index in [0.717, 1.165) is 6.07 Å². The molecule has 3 rings (SSSR count). The van der Waals surface area contributed by atoms with E-state index in [1.807, 2.05) is 0 Å². The molecule has 1 aromatic heterocycles. The summed E-state index contributed by atoms with van der Waals surface area (Å²) in [6, 6.07) is 15.3. The largest absolute Gasteiger partial charge is 0.452 e. The second-order valence-electron chi connectivity index (χ2n) is 5.99. The van der Waals surface area contributed by atoms with Gasteiger partial charge in [-0.15, -0.1) is 11.3 Å². The highest BCUT2D eigenvalue weighted by Gasteiger charge is 2.21. The number of ether oxygens (including phenoxy) is 1. The number of amides is 2. The molecule has 1 N–H and O–H groups in total. The summed E-state index contributed by atoms with van der Waals surface area (Å²) >= 11 is 1.30. The van der Waals surface area contributed by atoms with E-state index in [1.54, 1.807) is 42.8 Å². The van der Waals surface area contributed by atoms with Gasteiger partial charge in [-0.3, -0.25) is 9.59 Å². The van der Waals surface area contributed by atoms with Gasteiger partial charge in [0, 0.05) is 12.7 Å². The Kier molecular flexibility index (Phi) is 6.36. The van der Waals surface area contributed by atoms with Crippen molar-refractivity contribution in [3.8, 4) is 0 Å². The van der Waals surface area contributed by atoms with Gasteiger partial charge in [0.2, 0.25) is 0 Å². The van der Waals surface area contributed by atoms with E-state index in [0.29, 0.717) is 10.6 Å². The van der Waals surface area contributed by atoms with Gasteiger partial charge < -0.3 is 15.0 Å². The number of benzene rings is 2. The molecule has 0 atom stereocenters. The fourth-order valence-electron chi connectivity index (χ4n) is 2.59. The third kappa shape index (κ3) is 5.05. The van der Waals surface area contributed by atoms with Crippen molar-refractivity contribution in [2.75, 3.05) is 23.9 Å². The van der Waals surface area contributed by atoms with E-state index in [1.165, 1.54) is 40.5 Å². The molecule has 0 saturated heterocycles. The Morgan fingerprint density at radius 1 is 1.07 bits per heavy atom. The van der Waals surface area contributed by atoms with Gasteiger partial charge in [-0.1, -0.05) is 24.3 Å². The van der Waals surface area contributed by atoms with Crippen LogP contribution in [0.4, 0.5) is 15.8 Å². The van der Waals surface area contributed by atoms with Crippen LogP contribution in [0, 0.1) is 5.82 Å². The Labute approximate surface area is 170 Å². The molecule has 2 amide bonds. The number of esters is 1. The molecule has 0 bridgehead atoms. The summed E-state index contributed by atoms with van der Waals surface area (Å²) in [5.74, 6) is -2.11. The molecule has 0 aliphatic carbocycles. The van der Waals surface area contributed by atoms with E-state index < -0.39 is 24.3 Å². The lowest BCUT2D eigenvalue weighted by Crippen LogP contribution is -2.28. The first-order chi connectivity index (χ1) is 14.0. The Morgan fingerprint density at radius 3 is 2.59 bits per heavy atom. The topological polar surface area (TPSA) is 75.7 Å². The summed E-state index contributed by atoms with van der Waals surface area (Å²) in [5.41, 5.74) is 0.771. The first-order valence-corrected chi connectivity index (χ1v) is 9.47. The average molecular weight is 412 g/mol. The second-order valence-corrected chi connectivity index (χ2v) is 6.94. The third-order valence-corrected chi connectivity index (χ3v) is 4.82. The normalized spacial score (nSPS) is 10.3. The van der Waals surface area contributed by atoms with Crippen LogP contribution < -0.4 is 10.2 Å². The van der Waals surface area contributed by atoms with Crippen molar-refractivity contribution in [1.29, 1.82) is 0 Å². The molecule has 0 fully saturated rings. The number of anilines is 2. The molecule has 29 heavy (non-hydrogen) atoms. The Balaban J connectivity index is 1.67. The number of carbonyl (C=O) groups excluding carboxylic acids is 3. The average Bonchev–Trinajstić information content (AvgIpc) is 3.26. The molecule has 3 aromatic rings. The minimum Gasteiger partial charge on any atom is -0.452 e. The van der Waals surface area contributed by atoms with E-state index in [-0.39, 0.29) is 17.2 Å². The molecule has 2 aromatic carbocycles. The number of thiophene rings is 1. The molecule has 148 valence electrons. The van der Waals surface area contributed by atoms with Gasteiger partial charge in [-0.25, -0.2) is 9.18 Å². The van der Waals surface area contributed by atoms with Crippen molar-refractivity contribution in [2.45, 2.75) is 0 Å². The maximum atomic E-state index is 13.2. The molecular weight excluding hydrogens is 395 g/mol. The number of rotatable bonds is 6. The molecule has 8 heteroatoms. The molecule has 0 radical (unpaired) electrons. The van der Waals surface area contributed by atoms with Gasteiger partial charge in [0.1, 0.15) is 5.82 Å². The molecule has 1 heterocycles. The van der Waals surface area contributed by atoms with Crippen LogP contribution in [0.15, 0.2) is 66.0 Å². The summed E-state index contributed by atoms with van der Waals surface area (Å²) in [4.78, 5) is 38.9. The van der Waals surface area contributed by atoms with E-state index in [2.05, 4.69) is 5.32 Å². The zero-order valence-electron chi connectivity index (χ0n) is 15.4. The smallest absolute Gasteiger partial charge is 0.340 e. The predicted molar refractivity (Wildman–Crippen MR) is 109 cm³/mol. The van der Waals surface area contributed by atoms with E-state index in [9.17, 15) is 18.8 Å². The maximum Gasteiger partial charge on any atom is 0.340 e. The highest BCUT2D eigenvalue weighted by molar-refractivity contribution is 7.12. The van der Waals surface area contributed by atoms with Crippen LogP contribution in [0.5, 0.6) is 0 Å². The number of carbonyl (C=O) groups is 3. The number of halogens is 1. The number of nitrogens with zero attached hydrogens (tertiary/aromatic N) is 1. The van der Waals surface area contributed by atoms with Crippen molar-refractivity contribution in [3.05, 3.63) is 82.3 Å². The monoisotopic (exact) mass is 412 g/mol. The van der Waals surface area contributed by atoms with Crippen LogP contribution in [0.3, 0.4) is 0 Å². The lowest BCUT2D eigenvalue weighted by molar-refractivity contribution is -0.119. The van der Waals surface area contributed by atoms with Gasteiger partial charge in [-0.2, -0.15) is 0 Å². The molecule has 6 nitrogen and oxygen atoms in total. The van der Waals surface area contributed by atoms with Gasteiger partial charge in [0.25, 0.3) is 11.8 Å². The standard InChI is InChI=1S/C21H17FN2O4S/c1-24(20(26)18-10-5-11-29-18)17-9-3-2-8-16(17)21(27)28-13-19(25)23-15-7-4-6-14(22)12-15/h2-12H,13H2,1H3,(H,23,25). The van der Waals surface area contributed by atoms with Crippen LogP contribution in [0.25, 0.3) is 0 Å². The lowest BCUT2D eigenvalue weighted by atomic mass is 10.1. The quantitative estimate of drug-likeness (QED) is 0.622. The summed E-state index contributed by atoms with van der Waals surface area (Å²) in [6.07, 6.45) is 0. The molecule has 0 aliphatic rings. The zero-order chi connectivity index (χ0) is 20.8. The fourth-order valence-corrected chi connectivity index (χ4v) is 3.28. The highest BCUT2D eigenvalue weighted by Crippen LogP contribution is 2.23. The summed E-state index contributed by atoms with van der Waals surface area (Å²) < 4.78 is 18.2. The number of para-hydroxylation sites is 1. The Hall–Kier alpha value is -3.52. The summed E-state index contributed by atoms with van der Waals surface area (Å²) in [6.45, 7) is -0.549. The van der Waals surface area contributed by atoms with Gasteiger partial charge in [0.15, 0.2) is 6.61 Å². The van der Waals surface area contributed by atoms with Crippen LogP contribution in [-0.4, -0.2) is 31.4 Å². The number of hydrogen-bond donors (Lipinski definition) is 1. The molecule has 0 spiro atoms. The van der Waals surface area contributed by atoms with Crippen LogP contribution in [-0.2, 0) is 9.53 Å². The van der Waals surface area contributed by atoms with Crippen molar-refractivity contribution in [3.63, 3.8) is 0 Å². The van der Waals surface area contributed by atoms with Crippen molar-refractivity contribution >= 4 is 40.5 Å². The van der Waals surface area contributed by atoms with Crippen molar-refractivity contribution in [1.82, 2.24) is 0 Å². The van der Waals surface area contributed by atoms with Crippen LogP contribution >= 0.6 is 11.3 Å². The molecular formula is C21H17FN2O4S. The maximum absolute atomic E-state index is 13.2. The minimum absolute atomic E-state index is 0.151. The second kappa shape index (κ2) is 9.11. The Bertz CT molecular complexity index is 1040. The van der Waals surface area contributed by atoms with Crippen LogP contribution in [0.1, 0.15) is 20.0 Å². The van der Waals surface area contributed by atoms with E-state index in [4.69, 9.17) is 4.74 Å². The zero-order valence-corrected chi connectivity index (χ0v) is 16.2. The first-order valence-electron chi connectivity index (χ1n) is 8.59. The fraction of sp³-hybridized carbons (Fsp3) is 0.0952. The molecule has 0 saturated carbocycles. The third-order valence-electron chi connectivity index (χ3n) is 3.96. The highest BCUT2D eigenvalue weighted by atomic mass is 32.1. The predicted octanol–water partition coefficient (Wildman–Crippen LogP) is 3.96. The van der Waals surface area contributed by atoms with Gasteiger partial charge in [-0.05, 0) is 41.8 Å². The molecule has 0 aliphatic heterocycles. The van der Waals surface area contributed by atoms with Gasteiger partial charge in [0.05, 0.1) is 16.1 Å². The van der Waals surface area contributed by atoms with E-state index >= 15 is 0 Å². The van der Waals surface area contributed by atoms with Crippen molar-refractivity contribution < 1.29 is 23.5 Å².